The van der Waals surface area contributed by atoms with E-state index in [9.17, 15) is 13.2 Å². The van der Waals surface area contributed by atoms with Gasteiger partial charge in [0.1, 0.15) is 4.90 Å². The van der Waals surface area contributed by atoms with E-state index < -0.39 is 10.0 Å². The van der Waals surface area contributed by atoms with Crippen LogP contribution in [0, 0.1) is 13.8 Å². The maximum absolute atomic E-state index is 13.0. The van der Waals surface area contributed by atoms with Gasteiger partial charge in [0.15, 0.2) is 0 Å². The molecule has 0 unspecified atom stereocenters. The van der Waals surface area contributed by atoms with Crippen LogP contribution in [0.2, 0.25) is 5.02 Å². The molecule has 1 N–H and O–H groups in total. The number of nitrogens with zero attached hydrogens (tertiary/aromatic N) is 1. The van der Waals surface area contributed by atoms with Gasteiger partial charge in [-0.25, -0.2) is 8.42 Å². The Labute approximate surface area is 171 Å². The van der Waals surface area contributed by atoms with Gasteiger partial charge in [0.05, 0.1) is 10.7 Å². The van der Waals surface area contributed by atoms with Crippen LogP contribution in [0.15, 0.2) is 41.3 Å². The third-order valence-corrected chi connectivity index (χ3v) is 7.14. The predicted octanol–water partition coefficient (Wildman–Crippen LogP) is 4.77. The lowest BCUT2D eigenvalue weighted by Crippen LogP contribution is -2.35. The predicted molar refractivity (Wildman–Crippen MR) is 113 cm³/mol. The molecule has 2 aromatic rings. The van der Waals surface area contributed by atoms with Crippen molar-refractivity contribution in [3.8, 4) is 0 Å². The number of sulfonamides is 1. The van der Waals surface area contributed by atoms with Crippen LogP contribution in [0.25, 0.3) is 0 Å². The Bertz CT molecular complexity index is 999. The van der Waals surface area contributed by atoms with Crippen molar-refractivity contribution in [3.05, 3.63) is 58.1 Å². The molecular formula is C21H25ClN2O3S. The number of hydrogen-bond acceptors (Lipinski definition) is 3. The van der Waals surface area contributed by atoms with Crippen molar-refractivity contribution in [2.75, 3.05) is 11.8 Å². The van der Waals surface area contributed by atoms with Crippen molar-refractivity contribution in [2.24, 2.45) is 0 Å². The maximum atomic E-state index is 13.0. The van der Waals surface area contributed by atoms with E-state index in [4.69, 9.17) is 11.6 Å². The molecule has 150 valence electrons. The summed E-state index contributed by atoms with van der Waals surface area (Å²) in [6, 6.07) is 10.1. The third kappa shape index (κ3) is 4.33. The summed E-state index contributed by atoms with van der Waals surface area (Å²) < 4.78 is 28.5. The van der Waals surface area contributed by atoms with E-state index in [2.05, 4.69) is 4.72 Å². The highest BCUT2D eigenvalue weighted by Gasteiger charge is 2.26. The molecule has 1 amide bonds. The number of carbonyl (C=O) groups is 1. The molecule has 0 saturated heterocycles. The van der Waals surface area contributed by atoms with Gasteiger partial charge < -0.3 is 4.90 Å². The average Bonchev–Trinajstić information content (AvgIpc) is 3.18. The first-order valence-corrected chi connectivity index (χ1v) is 11.2. The summed E-state index contributed by atoms with van der Waals surface area (Å²) in [4.78, 5) is 14.5. The third-order valence-electron chi connectivity index (χ3n) is 5.30. The zero-order valence-corrected chi connectivity index (χ0v) is 17.9. The molecule has 0 aliphatic heterocycles. The quantitative estimate of drug-likeness (QED) is 0.757. The van der Waals surface area contributed by atoms with Gasteiger partial charge in [-0.2, -0.15) is 0 Å². The van der Waals surface area contributed by atoms with E-state index in [1.165, 1.54) is 12.1 Å². The lowest BCUT2D eigenvalue weighted by atomic mass is 10.1. The Morgan fingerprint density at radius 3 is 2.46 bits per heavy atom. The standard InChI is InChI=1S/C21H25ClN2O3S/c1-14-8-9-15(2)19(12-14)23-28(26,27)20-13-16(10-11-18(20)22)21(25)24(3)17-6-4-5-7-17/h8-13,17,23H,4-7H2,1-3H3. The fourth-order valence-electron chi connectivity index (χ4n) is 3.55. The molecule has 1 aliphatic carbocycles. The number of benzene rings is 2. The van der Waals surface area contributed by atoms with Gasteiger partial charge in [0.2, 0.25) is 0 Å². The normalized spacial score (nSPS) is 14.9. The molecule has 7 heteroatoms. The highest BCUT2D eigenvalue weighted by Crippen LogP contribution is 2.28. The van der Waals surface area contributed by atoms with Gasteiger partial charge in [-0.15, -0.1) is 0 Å². The summed E-state index contributed by atoms with van der Waals surface area (Å²) in [5.41, 5.74) is 2.56. The molecular weight excluding hydrogens is 396 g/mol. The Hall–Kier alpha value is -2.05. The second kappa shape index (κ2) is 8.13. The zero-order valence-electron chi connectivity index (χ0n) is 16.3. The summed E-state index contributed by atoms with van der Waals surface area (Å²) in [5.74, 6) is -0.188. The monoisotopic (exact) mass is 420 g/mol. The van der Waals surface area contributed by atoms with Gasteiger partial charge in [-0.05, 0) is 62.1 Å². The minimum Gasteiger partial charge on any atom is -0.339 e. The molecule has 5 nitrogen and oxygen atoms in total. The maximum Gasteiger partial charge on any atom is 0.263 e. The van der Waals surface area contributed by atoms with Crippen molar-refractivity contribution in [1.29, 1.82) is 0 Å². The van der Waals surface area contributed by atoms with Crippen LogP contribution < -0.4 is 4.72 Å². The molecule has 0 radical (unpaired) electrons. The first-order valence-electron chi connectivity index (χ1n) is 9.36. The van der Waals surface area contributed by atoms with Crippen molar-refractivity contribution in [3.63, 3.8) is 0 Å². The number of halogens is 1. The lowest BCUT2D eigenvalue weighted by molar-refractivity contribution is 0.0735. The first-order chi connectivity index (χ1) is 13.2. The van der Waals surface area contributed by atoms with E-state index in [0.717, 1.165) is 36.8 Å². The Balaban J connectivity index is 1.91. The van der Waals surface area contributed by atoms with Crippen LogP contribution in [0.5, 0.6) is 0 Å². The summed E-state index contributed by atoms with van der Waals surface area (Å²) >= 11 is 6.19. The molecule has 0 bridgehead atoms. The molecule has 3 rings (SSSR count). The van der Waals surface area contributed by atoms with E-state index >= 15 is 0 Å². The number of rotatable bonds is 5. The molecule has 2 aromatic carbocycles. The summed E-state index contributed by atoms with van der Waals surface area (Å²) in [6.07, 6.45) is 4.19. The Kier molecular flexibility index (Phi) is 6.01. The fourth-order valence-corrected chi connectivity index (χ4v) is 5.20. The zero-order chi connectivity index (χ0) is 20.5. The Morgan fingerprint density at radius 2 is 1.79 bits per heavy atom. The molecule has 0 spiro atoms. The van der Waals surface area contributed by atoms with Crippen molar-refractivity contribution in [1.82, 2.24) is 4.90 Å². The lowest BCUT2D eigenvalue weighted by Gasteiger charge is -2.24. The van der Waals surface area contributed by atoms with Crippen molar-refractivity contribution >= 4 is 33.2 Å². The van der Waals surface area contributed by atoms with E-state index in [-0.39, 0.29) is 21.9 Å². The van der Waals surface area contributed by atoms with E-state index in [1.54, 1.807) is 24.1 Å². The molecule has 28 heavy (non-hydrogen) atoms. The van der Waals surface area contributed by atoms with Gasteiger partial charge >= 0.3 is 0 Å². The molecule has 0 aromatic heterocycles. The van der Waals surface area contributed by atoms with Crippen LogP contribution in [0.4, 0.5) is 5.69 Å². The molecule has 0 atom stereocenters. The van der Waals surface area contributed by atoms with Gasteiger partial charge in [0.25, 0.3) is 15.9 Å². The van der Waals surface area contributed by atoms with E-state index in [1.807, 2.05) is 26.0 Å². The number of carbonyl (C=O) groups excluding carboxylic acids is 1. The summed E-state index contributed by atoms with van der Waals surface area (Å²) in [7, 11) is -2.16. The van der Waals surface area contributed by atoms with Crippen molar-refractivity contribution in [2.45, 2.75) is 50.5 Å². The average molecular weight is 421 g/mol. The van der Waals surface area contributed by atoms with Crippen LogP contribution in [-0.4, -0.2) is 32.3 Å². The molecule has 0 heterocycles. The molecule has 1 saturated carbocycles. The second-order valence-corrected chi connectivity index (χ2v) is 9.48. The number of amides is 1. The minimum atomic E-state index is -3.94. The minimum absolute atomic E-state index is 0.0814. The smallest absolute Gasteiger partial charge is 0.263 e. The second-order valence-electron chi connectivity index (χ2n) is 7.42. The largest absolute Gasteiger partial charge is 0.339 e. The Morgan fingerprint density at radius 1 is 1.11 bits per heavy atom. The summed E-state index contributed by atoms with van der Waals surface area (Å²) in [5, 5.41) is 0.0814. The van der Waals surface area contributed by atoms with E-state index in [0.29, 0.717) is 11.3 Å². The van der Waals surface area contributed by atoms with Gasteiger partial charge in [-0.3, -0.25) is 9.52 Å². The van der Waals surface area contributed by atoms with Crippen LogP contribution in [0.1, 0.15) is 47.2 Å². The first kappa shape index (κ1) is 20.7. The molecule has 1 fully saturated rings. The van der Waals surface area contributed by atoms with Crippen LogP contribution in [0.3, 0.4) is 0 Å². The summed E-state index contributed by atoms with van der Waals surface area (Å²) in [6.45, 7) is 3.72. The number of anilines is 1. The number of nitrogens with one attached hydrogen (secondary N) is 1. The fraction of sp³-hybridized carbons (Fsp3) is 0.381. The molecule has 1 aliphatic rings. The van der Waals surface area contributed by atoms with Gasteiger partial charge in [0, 0.05) is 18.7 Å². The van der Waals surface area contributed by atoms with Crippen molar-refractivity contribution < 1.29 is 13.2 Å². The SMILES string of the molecule is Cc1ccc(C)c(NS(=O)(=O)c2cc(C(=O)N(C)C3CCCC3)ccc2Cl)c1. The van der Waals surface area contributed by atoms with Crippen LogP contribution in [-0.2, 0) is 10.0 Å². The number of hydrogen-bond donors (Lipinski definition) is 1. The highest BCUT2D eigenvalue weighted by atomic mass is 35.5. The number of aryl methyl sites for hydroxylation is 2. The highest BCUT2D eigenvalue weighted by molar-refractivity contribution is 7.92. The van der Waals surface area contributed by atoms with Gasteiger partial charge in [-0.1, -0.05) is 36.6 Å². The topological polar surface area (TPSA) is 66.5 Å². The van der Waals surface area contributed by atoms with Crippen LogP contribution >= 0.6 is 11.6 Å².